The van der Waals surface area contributed by atoms with Crippen molar-refractivity contribution in [2.75, 3.05) is 26.3 Å². The van der Waals surface area contributed by atoms with E-state index in [1.807, 2.05) is 0 Å². The SMILES string of the molecule is N#Cc1cccc(O)c1C1CN(C2COC2)C1. The first-order valence-corrected chi connectivity index (χ1v) is 5.83. The molecule has 0 spiro atoms. The molecule has 0 bridgehead atoms. The Bertz CT molecular complexity index is 471. The smallest absolute Gasteiger partial charge is 0.120 e. The topological polar surface area (TPSA) is 56.5 Å². The monoisotopic (exact) mass is 230 g/mol. The highest BCUT2D eigenvalue weighted by Crippen LogP contribution is 2.36. The molecular weight excluding hydrogens is 216 g/mol. The fraction of sp³-hybridized carbons (Fsp3) is 0.462. The number of aromatic hydroxyl groups is 1. The van der Waals surface area contributed by atoms with Gasteiger partial charge in [0, 0.05) is 24.6 Å². The van der Waals surface area contributed by atoms with Crippen LogP contribution in [0.25, 0.3) is 0 Å². The Morgan fingerprint density at radius 1 is 1.35 bits per heavy atom. The van der Waals surface area contributed by atoms with Crippen LogP contribution in [0.5, 0.6) is 5.75 Å². The molecule has 88 valence electrons. The molecule has 1 aromatic carbocycles. The number of hydrogen-bond donors (Lipinski definition) is 1. The molecule has 4 heteroatoms. The molecule has 0 unspecified atom stereocenters. The van der Waals surface area contributed by atoms with Crippen LogP contribution >= 0.6 is 0 Å². The summed E-state index contributed by atoms with van der Waals surface area (Å²) in [5.74, 6) is 0.532. The molecule has 0 aromatic heterocycles. The van der Waals surface area contributed by atoms with Gasteiger partial charge in [0.2, 0.25) is 0 Å². The van der Waals surface area contributed by atoms with Gasteiger partial charge in [-0.05, 0) is 12.1 Å². The highest BCUT2D eigenvalue weighted by Gasteiger charge is 2.38. The maximum absolute atomic E-state index is 9.86. The summed E-state index contributed by atoms with van der Waals surface area (Å²) in [5, 5.41) is 18.9. The third kappa shape index (κ3) is 1.68. The Morgan fingerprint density at radius 3 is 2.71 bits per heavy atom. The Labute approximate surface area is 100 Å². The first-order chi connectivity index (χ1) is 8.29. The van der Waals surface area contributed by atoms with Gasteiger partial charge < -0.3 is 9.84 Å². The molecule has 1 N–H and O–H groups in total. The number of phenolic OH excluding ortho intramolecular Hbond substituents is 1. The largest absolute Gasteiger partial charge is 0.508 e. The molecule has 2 heterocycles. The van der Waals surface area contributed by atoms with Gasteiger partial charge in [0.25, 0.3) is 0 Å². The minimum absolute atomic E-state index is 0.249. The lowest BCUT2D eigenvalue weighted by Gasteiger charge is -2.47. The molecule has 0 amide bonds. The maximum atomic E-state index is 9.86. The van der Waals surface area contributed by atoms with Crippen LogP contribution in [-0.2, 0) is 4.74 Å². The zero-order valence-corrected chi connectivity index (χ0v) is 9.47. The van der Waals surface area contributed by atoms with Crippen LogP contribution in [0.4, 0.5) is 0 Å². The van der Waals surface area contributed by atoms with Gasteiger partial charge in [-0.2, -0.15) is 5.26 Å². The summed E-state index contributed by atoms with van der Waals surface area (Å²) in [4.78, 5) is 2.35. The third-order valence-corrected chi connectivity index (χ3v) is 3.66. The number of benzene rings is 1. The van der Waals surface area contributed by atoms with Crippen molar-refractivity contribution in [1.29, 1.82) is 5.26 Å². The van der Waals surface area contributed by atoms with Crippen molar-refractivity contribution in [2.45, 2.75) is 12.0 Å². The van der Waals surface area contributed by atoms with Gasteiger partial charge in [0.05, 0.1) is 30.9 Å². The van der Waals surface area contributed by atoms with E-state index in [0.29, 0.717) is 11.6 Å². The maximum Gasteiger partial charge on any atom is 0.120 e. The minimum Gasteiger partial charge on any atom is -0.508 e. The van der Waals surface area contributed by atoms with Crippen molar-refractivity contribution in [1.82, 2.24) is 4.90 Å². The zero-order chi connectivity index (χ0) is 11.8. The van der Waals surface area contributed by atoms with E-state index in [9.17, 15) is 5.11 Å². The van der Waals surface area contributed by atoms with Crippen molar-refractivity contribution in [3.63, 3.8) is 0 Å². The second kappa shape index (κ2) is 4.02. The second-order valence-electron chi connectivity index (χ2n) is 4.69. The van der Waals surface area contributed by atoms with Crippen LogP contribution < -0.4 is 0 Å². The standard InChI is InChI=1S/C13H14N2O2/c14-4-9-2-1-3-12(16)13(9)10-5-15(6-10)11-7-17-8-11/h1-3,10-11,16H,5-8H2. The lowest BCUT2D eigenvalue weighted by molar-refractivity contribution is -0.0907. The lowest BCUT2D eigenvalue weighted by Crippen LogP contribution is -2.58. The van der Waals surface area contributed by atoms with E-state index in [2.05, 4.69) is 11.0 Å². The van der Waals surface area contributed by atoms with Crippen LogP contribution in [0.1, 0.15) is 17.0 Å². The summed E-state index contributed by atoms with van der Waals surface area (Å²) in [6.07, 6.45) is 0. The molecule has 17 heavy (non-hydrogen) atoms. The predicted molar refractivity (Wildman–Crippen MR) is 61.7 cm³/mol. The Balaban J connectivity index is 1.76. The van der Waals surface area contributed by atoms with E-state index in [-0.39, 0.29) is 11.7 Å². The summed E-state index contributed by atoms with van der Waals surface area (Å²) in [5.41, 5.74) is 1.41. The molecular formula is C13H14N2O2. The van der Waals surface area contributed by atoms with Gasteiger partial charge in [-0.25, -0.2) is 0 Å². The van der Waals surface area contributed by atoms with Crippen molar-refractivity contribution >= 4 is 0 Å². The number of ether oxygens (including phenoxy) is 1. The quantitative estimate of drug-likeness (QED) is 0.825. The van der Waals surface area contributed by atoms with Crippen LogP contribution in [-0.4, -0.2) is 42.4 Å². The van der Waals surface area contributed by atoms with Gasteiger partial charge in [-0.1, -0.05) is 6.07 Å². The van der Waals surface area contributed by atoms with E-state index in [1.165, 1.54) is 0 Å². The molecule has 2 aliphatic heterocycles. The number of phenols is 1. The fourth-order valence-corrected chi connectivity index (χ4v) is 2.51. The lowest BCUT2D eigenvalue weighted by atomic mass is 9.86. The van der Waals surface area contributed by atoms with E-state index in [0.717, 1.165) is 31.9 Å². The van der Waals surface area contributed by atoms with Crippen molar-refractivity contribution in [3.05, 3.63) is 29.3 Å². The van der Waals surface area contributed by atoms with Crippen LogP contribution in [0.3, 0.4) is 0 Å². The van der Waals surface area contributed by atoms with Gasteiger partial charge in [-0.15, -0.1) is 0 Å². The highest BCUT2D eigenvalue weighted by atomic mass is 16.5. The first kappa shape index (κ1) is 10.6. The summed E-state index contributed by atoms with van der Waals surface area (Å²) in [7, 11) is 0. The molecule has 4 nitrogen and oxygen atoms in total. The van der Waals surface area contributed by atoms with E-state index in [4.69, 9.17) is 10.00 Å². The highest BCUT2D eigenvalue weighted by molar-refractivity contribution is 5.49. The van der Waals surface area contributed by atoms with E-state index < -0.39 is 0 Å². The minimum atomic E-state index is 0.249. The average molecular weight is 230 g/mol. The van der Waals surface area contributed by atoms with Crippen LogP contribution in [0.2, 0.25) is 0 Å². The Hall–Kier alpha value is -1.57. The van der Waals surface area contributed by atoms with E-state index in [1.54, 1.807) is 18.2 Å². The van der Waals surface area contributed by atoms with Crippen molar-refractivity contribution < 1.29 is 9.84 Å². The first-order valence-electron chi connectivity index (χ1n) is 5.83. The zero-order valence-electron chi connectivity index (χ0n) is 9.47. The molecule has 2 fully saturated rings. The molecule has 2 saturated heterocycles. The van der Waals surface area contributed by atoms with Crippen LogP contribution in [0, 0.1) is 11.3 Å². The summed E-state index contributed by atoms with van der Waals surface area (Å²) in [6.45, 7) is 3.47. The normalized spacial score (nSPS) is 21.6. The van der Waals surface area contributed by atoms with E-state index >= 15 is 0 Å². The number of nitriles is 1. The number of hydrogen-bond acceptors (Lipinski definition) is 4. The summed E-state index contributed by atoms with van der Waals surface area (Å²) in [6, 6.07) is 7.84. The molecule has 0 aliphatic carbocycles. The molecule has 0 radical (unpaired) electrons. The molecule has 0 atom stereocenters. The van der Waals surface area contributed by atoms with Gasteiger partial charge >= 0.3 is 0 Å². The van der Waals surface area contributed by atoms with Crippen molar-refractivity contribution in [3.8, 4) is 11.8 Å². The van der Waals surface area contributed by atoms with Gasteiger partial charge in [0.1, 0.15) is 5.75 Å². The molecule has 1 aromatic rings. The summed E-state index contributed by atoms with van der Waals surface area (Å²) < 4.78 is 5.16. The number of likely N-dealkylation sites (tertiary alicyclic amines) is 1. The second-order valence-corrected chi connectivity index (χ2v) is 4.69. The Morgan fingerprint density at radius 2 is 2.12 bits per heavy atom. The van der Waals surface area contributed by atoms with Gasteiger partial charge in [-0.3, -0.25) is 4.90 Å². The van der Waals surface area contributed by atoms with Crippen molar-refractivity contribution in [2.24, 2.45) is 0 Å². The van der Waals surface area contributed by atoms with Gasteiger partial charge in [0.15, 0.2) is 0 Å². The molecule has 3 rings (SSSR count). The molecule has 0 saturated carbocycles. The average Bonchev–Trinajstić information content (AvgIpc) is 2.20. The fourth-order valence-electron chi connectivity index (χ4n) is 2.51. The third-order valence-electron chi connectivity index (χ3n) is 3.66. The summed E-state index contributed by atoms with van der Waals surface area (Å²) >= 11 is 0. The number of nitrogens with zero attached hydrogens (tertiary/aromatic N) is 2. The number of rotatable bonds is 2. The van der Waals surface area contributed by atoms with Crippen LogP contribution in [0.15, 0.2) is 18.2 Å². The predicted octanol–water partition coefficient (Wildman–Crippen LogP) is 1.06. The Kier molecular flexibility index (Phi) is 2.50. The molecule has 2 aliphatic rings.